The van der Waals surface area contributed by atoms with E-state index in [1.54, 1.807) is 18.2 Å². The highest BCUT2D eigenvalue weighted by Gasteiger charge is 2.13. The van der Waals surface area contributed by atoms with Gasteiger partial charge in [0.15, 0.2) is 11.5 Å². The number of hydrogen-bond acceptors (Lipinski definition) is 3. The van der Waals surface area contributed by atoms with Crippen molar-refractivity contribution >= 4 is 5.78 Å². The molecule has 0 aliphatic rings. The standard InChI is InChI=1S/C11H10FN3O/c1-7(16)11-10(13-15-14-11)6-8-4-2-3-5-9(8)12/h2-5H,6H2,1H3,(H,13,14,15). The molecule has 16 heavy (non-hydrogen) atoms. The molecule has 1 N–H and O–H groups in total. The summed E-state index contributed by atoms with van der Waals surface area (Å²) in [6.07, 6.45) is 0.262. The summed E-state index contributed by atoms with van der Waals surface area (Å²) in [5.41, 5.74) is 1.24. The molecule has 5 heteroatoms. The molecule has 0 saturated heterocycles. The van der Waals surface area contributed by atoms with E-state index in [2.05, 4.69) is 15.4 Å². The van der Waals surface area contributed by atoms with Gasteiger partial charge in [0.25, 0.3) is 0 Å². The summed E-state index contributed by atoms with van der Waals surface area (Å²) >= 11 is 0. The number of nitrogens with zero attached hydrogens (tertiary/aromatic N) is 2. The lowest BCUT2D eigenvalue weighted by Crippen LogP contribution is -2.01. The lowest BCUT2D eigenvalue weighted by atomic mass is 10.1. The highest BCUT2D eigenvalue weighted by Crippen LogP contribution is 2.13. The fourth-order valence-corrected chi connectivity index (χ4v) is 1.48. The molecule has 0 bridgehead atoms. The number of carbonyl (C=O) groups is 1. The van der Waals surface area contributed by atoms with E-state index in [1.807, 2.05) is 0 Å². The van der Waals surface area contributed by atoms with E-state index < -0.39 is 0 Å². The molecule has 0 unspecified atom stereocenters. The van der Waals surface area contributed by atoms with Crippen molar-refractivity contribution in [3.63, 3.8) is 0 Å². The van der Waals surface area contributed by atoms with Crippen LogP contribution in [0.15, 0.2) is 24.3 Å². The zero-order valence-corrected chi connectivity index (χ0v) is 8.70. The number of carbonyl (C=O) groups excluding carboxylic acids is 1. The largest absolute Gasteiger partial charge is 0.293 e. The van der Waals surface area contributed by atoms with Crippen LogP contribution in [0.5, 0.6) is 0 Å². The van der Waals surface area contributed by atoms with Gasteiger partial charge in [-0.3, -0.25) is 4.79 Å². The van der Waals surface area contributed by atoms with E-state index in [0.717, 1.165) is 0 Å². The van der Waals surface area contributed by atoms with Gasteiger partial charge < -0.3 is 0 Å². The second-order valence-corrected chi connectivity index (χ2v) is 3.44. The van der Waals surface area contributed by atoms with Gasteiger partial charge in [-0.25, -0.2) is 4.39 Å². The van der Waals surface area contributed by atoms with Crippen LogP contribution in [-0.2, 0) is 6.42 Å². The first-order chi connectivity index (χ1) is 7.68. The van der Waals surface area contributed by atoms with Gasteiger partial charge in [0.2, 0.25) is 0 Å². The summed E-state index contributed by atoms with van der Waals surface area (Å²) in [5, 5.41) is 9.96. The van der Waals surface area contributed by atoms with Gasteiger partial charge >= 0.3 is 0 Å². The van der Waals surface area contributed by atoms with Crippen LogP contribution >= 0.6 is 0 Å². The molecule has 0 saturated carbocycles. The summed E-state index contributed by atoms with van der Waals surface area (Å²) in [5.74, 6) is -0.486. The Balaban J connectivity index is 2.31. The average molecular weight is 219 g/mol. The van der Waals surface area contributed by atoms with Crippen LogP contribution < -0.4 is 0 Å². The normalized spacial score (nSPS) is 10.4. The Bertz CT molecular complexity index is 521. The van der Waals surface area contributed by atoms with Crippen molar-refractivity contribution in [3.8, 4) is 0 Å². The maximum atomic E-state index is 13.4. The Morgan fingerprint density at radius 3 is 2.81 bits per heavy atom. The Morgan fingerprint density at radius 1 is 1.38 bits per heavy atom. The van der Waals surface area contributed by atoms with Crippen LogP contribution in [0.1, 0.15) is 28.7 Å². The smallest absolute Gasteiger partial charge is 0.181 e. The minimum atomic E-state index is -0.306. The number of halogens is 1. The molecule has 0 spiro atoms. The number of H-pyrrole nitrogens is 1. The topological polar surface area (TPSA) is 58.6 Å². The lowest BCUT2D eigenvalue weighted by Gasteiger charge is -2.00. The van der Waals surface area contributed by atoms with E-state index in [-0.39, 0.29) is 23.7 Å². The zero-order chi connectivity index (χ0) is 11.5. The third-order valence-electron chi connectivity index (χ3n) is 2.27. The average Bonchev–Trinajstić information content (AvgIpc) is 2.69. The molecule has 4 nitrogen and oxygen atoms in total. The maximum Gasteiger partial charge on any atom is 0.181 e. The highest BCUT2D eigenvalue weighted by atomic mass is 19.1. The number of ketones is 1. The van der Waals surface area contributed by atoms with Crippen molar-refractivity contribution in [1.29, 1.82) is 0 Å². The maximum absolute atomic E-state index is 13.4. The first-order valence-corrected chi connectivity index (χ1v) is 4.82. The van der Waals surface area contributed by atoms with Gasteiger partial charge in [0.1, 0.15) is 5.82 Å². The predicted molar refractivity (Wildman–Crippen MR) is 55.6 cm³/mol. The quantitative estimate of drug-likeness (QED) is 0.800. The Labute approximate surface area is 91.5 Å². The van der Waals surface area contributed by atoms with E-state index in [9.17, 15) is 9.18 Å². The van der Waals surface area contributed by atoms with Crippen LogP contribution in [0, 0.1) is 5.82 Å². The van der Waals surface area contributed by atoms with Crippen molar-refractivity contribution in [2.75, 3.05) is 0 Å². The molecule has 2 aromatic rings. The highest BCUT2D eigenvalue weighted by molar-refractivity contribution is 5.93. The molecule has 0 aliphatic heterocycles. The predicted octanol–water partition coefficient (Wildman–Crippen LogP) is 1.74. The number of aromatic amines is 1. The third kappa shape index (κ3) is 1.98. The SMILES string of the molecule is CC(=O)c1n[nH]nc1Cc1ccccc1F. The van der Waals surface area contributed by atoms with E-state index in [0.29, 0.717) is 11.3 Å². The Hall–Kier alpha value is -2.04. The molecule has 2 rings (SSSR count). The summed E-state index contributed by atoms with van der Waals surface area (Å²) in [7, 11) is 0. The molecule has 0 fully saturated rings. The van der Waals surface area contributed by atoms with Crippen molar-refractivity contribution < 1.29 is 9.18 Å². The fourth-order valence-electron chi connectivity index (χ4n) is 1.48. The molecular formula is C11H10FN3O. The monoisotopic (exact) mass is 219 g/mol. The first kappa shape index (κ1) is 10.5. The minimum Gasteiger partial charge on any atom is -0.293 e. The van der Waals surface area contributed by atoms with E-state index in [1.165, 1.54) is 13.0 Å². The third-order valence-corrected chi connectivity index (χ3v) is 2.27. The van der Waals surface area contributed by atoms with Crippen LogP contribution in [0.4, 0.5) is 4.39 Å². The summed E-state index contributed by atoms with van der Waals surface area (Å²) < 4.78 is 13.4. The molecule has 0 radical (unpaired) electrons. The van der Waals surface area contributed by atoms with Gasteiger partial charge in [-0.1, -0.05) is 18.2 Å². The van der Waals surface area contributed by atoms with Crippen LogP contribution in [0.2, 0.25) is 0 Å². The van der Waals surface area contributed by atoms with E-state index in [4.69, 9.17) is 0 Å². The van der Waals surface area contributed by atoms with Crippen LogP contribution in [0.25, 0.3) is 0 Å². The number of nitrogens with one attached hydrogen (secondary N) is 1. The summed E-state index contributed by atoms with van der Waals surface area (Å²) in [6, 6.07) is 6.40. The second kappa shape index (κ2) is 4.22. The molecular weight excluding hydrogens is 209 g/mol. The van der Waals surface area contributed by atoms with Crippen molar-refractivity contribution in [2.45, 2.75) is 13.3 Å². The molecule has 1 heterocycles. The number of aromatic nitrogens is 3. The second-order valence-electron chi connectivity index (χ2n) is 3.44. The molecule has 0 aliphatic carbocycles. The van der Waals surface area contributed by atoms with Gasteiger partial charge in [0, 0.05) is 13.3 Å². The number of hydrogen-bond donors (Lipinski definition) is 1. The molecule has 82 valence electrons. The number of benzene rings is 1. The van der Waals surface area contributed by atoms with Crippen molar-refractivity contribution in [1.82, 2.24) is 15.4 Å². The van der Waals surface area contributed by atoms with Gasteiger partial charge in [-0.05, 0) is 11.6 Å². The minimum absolute atomic E-state index is 0.180. The fraction of sp³-hybridized carbons (Fsp3) is 0.182. The molecule has 0 amide bonds. The first-order valence-electron chi connectivity index (χ1n) is 4.82. The molecule has 1 aromatic heterocycles. The Kier molecular flexibility index (Phi) is 2.76. The van der Waals surface area contributed by atoms with Gasteiger partial charge in [0.05, 0.1) is 5.69 Å². The Morgan fingerprint density at radius 2 is 2.12 bits per heavy atom. The molecule has 0 atom stereocenters. The van der Waals surface area contributed by atoms with Crippen LogP contribution in [0.3, 0.4) is 0 Å². The summed E-state index contributed by atoms with van der Waals surface area (Å²) in [4.78, 5) is 11.2. The summed E-state index contributed by atoms with van der Waals surface area (Å²) in [6.45, 7) is 1.41. The van der Waals surface area contributed by atoms with Crippen molar-refractivity contribution in [3.05, 3.63) is 47.0 Å². The van der Waals surface area contributed by atoms with Gasteiger partial charge in [-0.15, -0.1) is 0 Å². The van der Waals surface area contributed by atoms with Crippen molar-refractivity contribution in [2.24, 2.45) is 0 Å². The number of Topliss-reactive ketones (excluding diaryl/α,β-unsaturated/α-hetero) is 1. The molecule has 1 aromatic carbocycles. The number of rotatable bonds is 3. The lowest BCUT2D eigenvalue weighted by molar-refractivity contribution is 0.101. The van der Waals surface area contributed by atoms with Crippen LogP contribution in [-0.4, -0.2) is 21.2 Å². The zero-order valence-electron chi connectivity index (χ0n) is 8.70. The van der Waals surface area contributed by atoms with Gasteiger partial charge in [-0.2, -0.15) is 15.4 Å². The van der Waals surface area contributed by atoms with E-state index >= 15 is 0 Å².